The zero-order valence-electron chi connectivity index (χ0n) is 11.8. The van der Waals surface area contributed by atoms with Crippen LogP contribution in [-0.2, 0) is 6.54 Å². The van der Waals surface area contributed by atoms with Gasteiger partial charge in [-0.25, -0.2) is 0 Å². The Morgan fingerprint density at radius 3 is 2.50 bits per heavy atom. The largest absolute Gasteiger partial charge is 0.395 e. The molecule has 1 saturated heterocycles. The van der Waals surface area contributed by atoms with Crippen LogP contribution >= 0.6 is 0 Å². The second-order valence-corrected chi connectivity index (χ2v) is 5.00. The van der Waals surface area contributed by atoms with Crippen molar-refractivity contribution in [1.82, 2.24) is 9.80 Å². The number of nitrogens with zero attached hydrogens (tertiary/aromatic N) is 2. The lowest BCUT2D eigenvalue weighted by Gasteiger charge is -2.34. The molecule has 0 atom stereocenters. The summed E-state index contributed by atoms with van der Waals surface area (Å²) in [5, 5.41) is 17.7. The van der Waals surface area contributed by atoms with Gasteiger partial charge in [-0.05, 0) is 17.7 Å². The van der Waals surface area contributed by atoms with E-state index in [4.69, 9.17) is 10.2 Å². The Labute approximate surface area is 120 Å². The molecule has 4 heteroatoms. The molecular formula is C16H22N2O2. The molecule has 0 saturated carbocycles. The molecule has 0 amide bonds. The molecular weight excluding hydrogens is 252 g/mol. The first-order valence-corrected chi connectivity index (χ1v) is 7.06. The smallest absolute Gasteiger partial charge is 0.104 e. The summed E-state index contributed by atoms with van der Waals surface area (Å²) in [6.45, 7) is 5.96. The van der Waals surface area contributed by atoms with E-state index < -0.39 is 0 Å². The summed E-state index contributed by atoms with van der Waals surface area (Å²) in [5.41, 5.74) is 2.21. The minimum atomic E-state index is -0.100. The maximum atomic E-state index is 8.94. The predicted molar refractivity (Wildman–Crippen MR) is 79.2 cm³/mol. The monoisotopic (exact) mass is 274 g/mol. The highest BCUT2D eigenvalue weighted by molar-refractivity contribution is 5.37. The summed E-state index contributed by atoms with van der Waals surface area (Å²) >= 11 is 0. The number of hydrogen-bond donors (Lipinski definition) is 2. The number of hydrogen-bond acceptors (Lipinski definition) is 4. The van der Waals surface area contributed by atoms with Gasteiger partial charge in [-0.15, -0.1) is 0 Å². The van der Waals surface area contributed by atoms with Gasteiger partial charge in [0.1, 0.15) is 6.61 Å². The van der Waals surface area contributed by atoms with E-state index >= 15 is 0 Å². The highest BCUT2D eigenvalue weighted by Crippen LogP contribution is 2.10. The number of aliphatic hydroxyl groups is 2. The second-order valence-electron chi connectivity index (χ2n) is 5.00. The van der Waals surface area contributed by atoms with E-state index in [1.54, 1.807) is 0 Å². The SMILES string of the molecule is OCC#Cc1cccc(CN2CCN(CCO)CC2)c1. The van der Waals surface area contributed by atoms with Gasteiger partial charge >= 0.3 is 0 Å². The fourth-order valence-corrected chi connectivity index (χ4v) is 2.46. The zero-order valence-corrected chi connectivity index (χ0v) is 11.8. The standard InChI is InChI=1S/C16H22N2O2/c19-11-2-5-15-3-1-4-16(13-15)14-18-8-6-17(7-9-18)10-12-20/h1,3-4,13,19-20H,6-12,14H2. The Hall–Kier alpha value is -1.38. The molecule has 0 bridgehead atoms. The molecule has 1 heterocycles. The van der Waals surface area contributed by atoms with Crippen LogP contribution in [-0.4, -0.2) is 66.0 Å². The molecule has 0 unspecified atom stereocenters. The van der Waals surface area contributed by atoms with Crippen LogP contribution in [0.2, 0.25) is 0 Å². The summed E-state index contributed by atoms with van der Waals surface area (Å²) in [5.74, 6) is 5.62. The minimum absolute atomic E-state index is 0.100. The summed E-state index contributed by atoms with van der Waals surface area (Å²) in [6, 6.07) is 8.18. The van der Waals surface area contributed by atoms with Gasteiger partial charge < -0.3 is 10.2 Å². The summed E-state index contributed by atoms with van der Waals surface area (Å²) in [6.07, 6.45) is 0. The molecule has 4 nitrogen and oxygen atoms in total. The Bertz CT molecular complexity index is 471. The summed E-state index contributed by atoms with van der Waals surface area (Å²) in [7, 11) is 0. The number of aliphatic hydroxyl groups excluding tert-OH is 2. The van der Waals surface area contributed by atoms with E-state index in [2.05, 4.69) is 33.8 Å². The van der Waals surface area contributed by atoms with Gasteiger partial charge in [0.05, 0.1) is 6.61 Å². The topological polar surface area (TPSA) is 46.9 Å². The quantitative estimate of drug-likeness (QED) is 0.767. The van der Waals surface area contributed by atoms with Crippen molar-refractivity contribution in [2.45, 2.75) is 6.54 Å². The predicted octanol–water partition coefficient (Wildman–Crippen LogP) is 0.140. The Morgan fingerprint density at radius 1 is 1.05 bits per heavy atom. The van der Waals surface area contributed by atoms with Crippen molar-refractivity contribution in [3.63, 3.8) is 0 Å². The van der Waals surface area contributed by atoms with Crippen molar-refractivity contribution in [3.05, 3.63) is 35.4 Å². The van der Waals surface area contributed by atoms with Gasteiger partial charge in [-0.1, -0.05) is 24.0 Å². The fraction of sp³-hybridized carbons (Fsp3) is 0.500. The van der Waals surface area contributed by atoms with Gasteiger partial charge in [-0.2, -0.15) is 0 Å². The minimum Gasteiger partial charge on any atom is -0.395 e. The molecule has 1 fully saturated rings. The van der Waals surface area contributed by atoms with Crippen molar-refractivity contribution >= 4 is 0 Å². The van der Waals surface area contributed by atoms with E-state index in [-0.39, 0.29) is 13.2 Å². The molecule has 0 radical (unpaired) electrons. The van der Waals surface area contributed by atoms with Gasteiger partial charge in [0.25, 0.3) is 0 Å². The first-order valence-electron chi connectivity index (χ1n) is 7.06. The highest BCUT2D eigenvalue weighted by Gasteiger charge is 2.16. The maximum absolute atomic E-state index is 8.94. The third-order valence-corrected chi connectivity index (χ3v) is 3.53. The third kappa shape index (κ3) is 4.62. The Morgan fingerprint density at radius 2 is 1.80 bits per heavy atom. The van der Waals surface area contributed by atoms with Crippen molar-refractivity contribution < 1.29 is 10.2 Å². The van der Waals surface area contributed by atoms with Crippen LogP contribution in [0.4, 0.5) is 0 Å². The summed E-state index contributed by atoms with van der Waals surface area (Å²) < 4.78 is 0. The number of β-amino-alcohol motifs (C(OH)–C–C–N with tert-alkyl or cyclic N) is 1. The van der Waals surface area contributed by atoms with E-state index in [9.17, 15) is 0 Å². The van der Waals surface area contributed by atoms with Crippen molar-refractivity contribution in [1.29, 1.82) is 0 Å². The number of piperazine rings is 1. The van der Waals surface area contributed by atoms with Crippen LogP contribution in [0.1, 0.15) is 11.1 Å². The average molecular weight is 274 g/mol. The lowest BCUT2D eigenvalue weighted by Crippen LogP contribution is -2.46. The molecule has 1 aromatic carbocycles. The van der Waals surface area contributed by atoms with Crippen LogP contribution in [0.5, 0.6) is 0 Å². The second kappa shape index (κ2) is 8.03. The zero-order chi connectivity index (χ0) is 14.2. The van der Waals surface area contributed by atoms with Gasteiger partial charge in [0, 0.05) is 44.8 Å². The molecule has 108 valence electrons. The van der Waals surface area contributed by atoms with Gasteiger partial charge in [0.2, 0.25) is 0 Å². The molecule has 2 rings (SSSR count). The summed E-state index contributed by atoms with van der Waals surface area (Å²) in [4.78, 5) is 4.71. The lowest BCUT2D eigenvalue weighted by atomic mass is 10.1. The van der Waals surface area contributed by atoms with Crippen LogP contribution in [0.25, 0.3) is 0 Å². The molecule has 1 aromatic rings. The van der Waals surface area contributed by atoms with E-state index in [0.29, 0.717) is 0 Å². The van der Waals surface area contributed by atoms with Crippen LogP contribution < -0.4 is 0 Å². The molecule has 0 aliphatic carbocycles. The molecule has 20 heavy (non-hydrogen) atoms. The van der Waals surface area contributed by atoms with Crippen molar-refractivity contribution in [2.75, 3.05) is 45.9 Å². The first-order chi connectivity index (χ1) is 9.81. The highest BCUT2D eigenvalue weighted by atomic mass is 16.3. The molecule has 1 aliphatic rings. The average Bonchev–Trinajstić information content (AvgIpc) is 2.48. The van der Waals surface area contributed by atoms with Crippen LogP contribution in [0, 0.1) is 11.8 Å². The van der Waals surface area contributed by atoms with Gasteiger partial charge in [-0.3, -0.25) is 9.80 Å². The Kier molecular flexibility index (Phi) is 6.03. The number of benzene rings is 1. The fourth-order valence-electron chi connectivity index (χ4n) is 2.46. The third-order valence-electron chi connectivity index (χ3n) is 3.53. The lowest BCUT2D eigenvalue weighted by molar-refractivity contribution is 0.108. The van der Waals surface area contributed by atoms with Crippen LogP contribution in [0.15, 0.2) is 24.3 Å². The molecule has 0 aromatic heterocycles. The first kappa shape index (κ1) is 15.0. The normalized spacial score (nSPS) is 16.7. The van der Waals surface area contributed by atoms with Gasteiger partial charge in [0.15, 0.2) is 0 Å². The molecule has 2 N–H and O–H groups in total. The Balaban J connectivity index is 1.88. The molecule has 0 spiro atoms. The maximum Gasteiger partial charge on any atom is 0.104 e. The van der Waals surface area contributed by atoms with E-state index in [1.807, 2.05) is 12.1 Å². The molecule has 1 aliphatic heterocycles. The number of rotatable bonds is 4. The van der Waals surface area contributed by atoms with Crippen molar-refractivity contribution in [2.24, 2.45) is 0 Å². The van der Waals surface area contributed by atoms with E-state index in [1.165, 1.54) is 5.56 Å². The van der Waals surface area contributed by atoms with Crippen LogP contribution in [0.3, 0.4) is 0 Å². The van der Waals surface area contributed by atoms with E-state index in [0.717, 1.165) is 44.8 Å². The van der Waals surface area contributed by atoms with Crippen molar-refractivity contribution in [3.8, 4) is 11.8 Å².